The summed E-state index contributed by atoms with van der Waals surface area (Å²) in [6, 6.07) is 5.20. The third kappa shape index (κ3) is 4.46. The number of hydrogen-bond acceptors (Lipinski definition) is 5. The van der Waals surface area contributed by atoms with Crippen molar-refractivity contribution >= 4 is 11.9 Å². The van der Waals surface area contributed by atoms with E-state index in [-0.39, 0.29) is 25.0 Å². The van der Waals surface area contributed by atoms with Gasteiger partial charge in [0.05, 0.1) is 32.3 Å². The fourth-order valence-corrected chi connectivity index (χ4v) is 3.49. The van der Waals surface area contributed by atoms with Crippen LogP contribution >= 0.6 is 0 Å². The lowest BCUT2D eigenvalue weighted by molar-refractivity contribution is -0.141. The van der Waals surface area contributed by atoms with Crippen LogP contribution in [0.15, 0.2) is 18.2 Å². The zero-order chi connectivity index (χ0) is 18.5. The van der Waals surface area contributed by atoms with Crippen LogP contribution in [-0.4, -0.2) is 60.9 Å². The van der Waals surface area contributed by atoms with Crippen LogP contribution in [0.1, 0.15) is 42.5 Å². The van der Waals surface area contributed by atoms with Crippen molar-refractivity contribution in [2.45, 2.75) is 44.3 Å². The quantitative estimate of drug-likeness (QED) is 0.835. The second-order valence-electron chi connectivity index (χ2n) is 6.73. The first-order valence-corrected chi connectivity index (χ1v) is 9.04. The Bertz CT molecular complexity index is 655. The average molecular weight is 363 g/mol. The van der Waals surface area contributed by atoms with Crippen molar-refractivity contribution in [1.82, 2.24) is 4.90 Å². The number of aliphatic carboxylic acids is 1. The molecule has 0 aromatic heterocycles. The smallest absolute Gasteiger partial charge is 0.306 e. The fraction of sp³-hybridized carbons (Fsp3) is 0.579. The summed E-state index contributed by atoms with van der Waals surface area (Å²) in [5.41, 5.74) is 0.497. The standard InChI is InChI=1S/C19H25NO6/c1-24-17-10-13(6-7-16(17)26-14-4-2-3-5-14)19(23)20-8-9-25-15(12-20)11-18(21)22/h6-7,10,14-15H,2-5,8-9,11-12H2,1H3,(H,21,22)/t15-/m0/s1. The van der Waals surface area contributed by atoms with E-state index < -0.39 is 12.1 Å². The Labute approximate surface area is 152 Å². The lowest BCUT2D eigenvalue weighted by atomic mass is 10.1. The molecule has 0 bridgehead atoms. The van der Waals surface area contributed by atoms with Gasteiger partial charge in [-0.2, -0.15) is 0 Å². The van der Waals surface area contributed by atoms with Crippen LogP contribution in [0, 0.1) is 0 Å². The number of carbonyl (C=O) groups is 2. The number of benzene rings is 1. The molecule has 0 spiro atoms. The number of carbonyl (C=O) groups excluding carboxylic acids is 1. The van der Waals surface area contributed by atoms with Gasteiger partial charge < -0.3 is 24.2 Å². The summed E-state index contributed by atoms with van der Waals surface area (Å²) in [5.74, 6) is 0.105. The van der Waals surface area contributed by atoms with E-state index in [0.717, 1.165) is 12.8 Å². The normalized spacial score (nSPS) is 20.8. The number of rotatable bonds is 6. The van der Waals surface area contributed by atoms with Gasteiger partial charge in [-0.3, -0.25) is 9.59 Å². The first-order chi connectivity index (χ1) is 12.6. The molecule has 1 saturated carbocycles. The molecule has 142 valence electrons. The van der Waals surface area contributed by atoms with E-state index in [1.165, 1.54) is 12.8 Å². The van der Waals surface area contributed by atoms with E-state index in [2.05, 4.69) is 0 Å². The lowest BCUT2D eigenvalue weighted by Gasteiger charge is -2.32. The van der Waals surface area contributed by atoms with Crippen LogP contribution < -0.4 is 9.47 Å². The van der Waals surface area contributed by atoms with Crippen LogP contribution in [0.5, 0.6) is 11.5 Å². The van der Waals surface area contributed by atoms with Gasteiger partial charge >= 0.3 is 5.97 Å². The van der Waals surface area contributed by atoms with Crippen LogP contribution in [0.25, 0.3) is 0 Å². The van der Waals surface area contributed by atoms with E-state index in [4.69, 9.17) is 19.3 Å². The van der Waals surface area contributed by atoms with Gasteiger partial charge in [-0.1, -0.05) is 0 Å². The number of carboxylic acid groups (broad SMARTS) is 1. The van der Waals surface area contributed by atoms with Gasteiger partial charge in [0.1, 0.15) is 0 Å². The minimum absolute atomic E-state index is 0.110. The molecule has 3 rings (SSSR count). The summed E-state index contributed by atoms with van der Waals surface area (Å²) >= 11 is 0. The average Bonchev–Trinajstić information content (AvgIpc) is 3.14. The molecule has 2 aliphatic rings. The first-order valence-electron chi connectivity index (χ1n) is 9.04. The highest BCUT2D eigenvalue weighted by Gasteiger charge is 2.27. The molecule has 1 aromatic carbocycles. The minimum atomic E-state index is -0.931. The molecular formula is C19H25NO6. The molecule has 7 nitrogen and oxygen atoms in total. The molecule has 1 amide bonds. The predicted octanol–water partition coefficient (Wildman–Crippen LogP) is 2.33. The van der Waals surface area contributed by atoms with E-state index in [1.807, 2.05) is 0 Å². The molecule has 1 heterocycles. The van der Waals surface area contributed by atoms with Crippen molar-refractivity contribution in [1.29, 1.82) is 0 Å². The summed E-state index contributed by atoms with van der Waals surface area (Å²) in [6.45, 7) is 1.05. The molecule has 0 unspecified atom stereocenters. The zero-order valence-electron chi connectivity index (χ0n) is 15.0. The Morgan fingerprint density at radius 2 is 2.04 bits per heavy atom. The topological polar surface area (TPSA) is 85.3 Å². The van der Waals surface area contributed by atoms with Gasteiger partial charge in [0.25, 0.3) is 5.91 Å². The Hall–Kier alpha value is -2.28. The predicted molar refractivity (Wildman–Crippen MR) is 93.8 cm³/mol. The van der Waals surface area contributed by atoms with Crippen LogP contribution in [0.2, 0.25) is 0 Å². The molecule has 1 aliphatic heterocycles. The summed E-state index contributed by atoms with van der Waals surface area (Å²) in [5, 5.41) is 8.91. The molecule has 26 heavy (non-hydrogen) atoms. The fourth-order valence-electron chi connectivity index (χ4n) is 3.49. The highest BCUT2D eigenvalue weighted by molar-refractivity contribution is 5.95. The molecule has 1 N–H and O–H groups in total. The Morgan fingerprint density at radius 1 is 1.27 bits per heavy atom. The molecule has 1 aliphatic carbocycles. The number of ether oxygens (including phenoxy) is 3. The van der Waals surface area contributed by atoms with Crippen molar-refractivity contribution in [3.05, 3.63) is 23.8 Å². The molecule has 1 saturated heterocycles. The summed E-state index contributed by atoms with van der Waals surface area (Å²) in [7, 11) is 1.56. The number of carboxylic acids is 1. The highest BCUT2D eigenvalue weighted by atomic mass is 16.5. The molecule has 7 heteroatoms. The summed E-state index contributed by atoms with van der Waals surface area (Å²) in [6.07, 6.45) is 4.07. The molecule has 0 radical (unpaired) electrons. The van der Waals surface area contributed by atoms with E-state index >= 15 is 0 Å². The van der Waals surface area contributed by atoms with Gasteiger partial charge in [0, 0.05) is 18.7 Å². The van der Waals surface area contributed by atoms with Crippen LogP contribution in [0.4, 0.5) is 0 Å². The van der Waals surface area contributed by atoms with E-state index in [0.29, 0.717) is 30.2 Å². The van der Waals surface area contributed by atoms with Gasteiger partial charge in [0.2, 0.25) is 0 Å². The molecule has 1 atom stereocenters. The molecular weight excluding hydrogens is 338 g/mol. The number of morpholine rings is 1. The van der Waals surface area contributed by atoms with E-state index in [9.17, 15) is 9.59 Å². The van der Waals surface area contributed by atoms with Crippen molar-refractivity contribution in [2.75, 3.05) is 26.8 Å². The maximum atomic E-state index is 12.8. The number of nitrogens with zero attached hydrogens (tertiary/aromatic N) is 1. The first kappa shape index (κ1) is 18.5. The monoisotopic (exact) mass is 363 g/mol. The molecule has 1 aromatic rings. The number of amides is 1. The van der Waals surface area contributed by atoms with Crippen molar-refractivity contribution < 1.29 is 28.9 Å². The van der Waals surface area contributed by atoms with Crippen molar-refractivity contribution in [3.8, 4) is 11.5 Å². The van der Waals surface area contributed by atoms with Crippen LogP contribution in [-0.2, 0) is 9.53 Å². The lowest BCUT2D eigenvalue weighted by Crippen LogP contribution is -2.46. The van der Waals surface area contributed by atoms with Gasteiger partial charge in [0.15, 0.2) is 11.5 Å². The Balaban J connectivity index is 1.69. The largest absolute Gasteiger partial charge is 0.493 e. The zero-order valence-corrected chi connectivity index (χ0v) is 15.0. The van der Waals surface area contributed by atoms with Crippen molar-refractivity contribution in [3.63, 3.8) is 0 Å². The summed E-state index contributed by atoms with van der Waals surface area (Å²) < 4.78 is 16.8. The highest BCUT2D eigenvalue weighted by Crippen LogP contribution is 2.32. The SMILES string of the molecule is COc1cc(C(=O)N2CCO[C@@H](CC(=O)O)C2)ccc1OC1CCCC1. The minimum Gasteiger partial charge on any atom is -0.493 e. The third-order valence-corrected chi connectivity index (χ3v) is 4.83. The second-order valence-corrected chi connectivity index (χ2v) is 6.73. The molecule has 2 fully saturated rings. The number of methoxy groups -OCH3 is 1. The summed E-state index contributed by atoms with van der Waals surface area (Å²) in [4.78, 5) is 25.3. The van der Waals surface area contributed by atoms with Crippen molar-refractivity contribution in [2.24, 2.45) is 0 Å². The van der Waals surface area contributed by atoms with Gasteiger partial charge in [-0.15, -0.1) is 0 Å². The maximum Gasteiger partial charge on any atom is 0.306 e. The number of hydrogen-bond donors (Lipinski definition) is 1. The Morgan fingerprint density at radius 3 is 2.73 bits per heavy atom. The Kier molecular flexibility index (Phi) is 5.98. The van der Waals surface area contributed by atoms with Gasteiger partial charge in [-0.05, 0) is 43.9 Å². The second kappa shape index (κ2) is 8.40. The van der Waals surface area contributed by atoms with Gasteiger partial charge in [-0.25, -0.2) is 0 Å². The van der Waals surface area contributed by atoms with E-state index in [1.54, 1.807) is 30.2 Å². The van der Waals surface area contributed by atoms with Crippen LogP contribution in [0.3, 0.4) is 0 Å². The maximum absolute atomic E-state index is 12.8. The third-order valence-electron chi connectivity index (χ3n) is 4.83.